The molecule has 0 aliphatic rings. The summed E-state index contributed by atoms with van der Waals surface area (Å²) in [6.07, 6.45) is 0.998. The van der Waals surface area contributed by atoms with Gasteiger partial charge in [0.05, 0.1) is 13.7 Å². The molecule has 17 heavy (non-hydrogen) atoms. The molecule has 0 atom stereocenters. The van der Waals surface area contributed by atoms with E-state index in [9.17, 15) is 4.79 Å². The second-order valence-electron chi connectivity index (χ2n) is 3.48. The molecule has 4 nitrogen and oxygen atoms in total. The highest BCUT2D eigenvalue weighted by atomic mass is 79.9. The Morgan fingerprint density at radius 2 is 2.24 bits per heavy atom. The highest BCUT2D eigenvalue weighted by molar-refractivity contribution is 9.10. The van der Waals surface area contributed by atoms with Gasteiger partial charge in [0.25, 0.3) is 0 Å². The van der Waals surface area contributed by atoms with Crippen molar-refractivity contribution in [3.05, 3.63) is 28.2 Å². The van der Waals surface area contributed by atoms with E-state index in [-0.39, 0.29) is 5.97 Å². The van der Waals surface area contributed by atoms with Gasteiger partial charge in [-0.2, -0.15) is 0 Å². The maximum atomic E-state index is 10.9. The fourth-order valence-corrected chi connectivity index (χ4v) is 1.76. The first-order valence-corrected chi connectivity index (χ1v) is 6.14. The van der Waals surface area contributed by atoms with Gasteiger partial charge in [0.15, 0.2) is 0 Å². The van der Waals surface area contributed by atoms with Gasteiger partial charge in [0.2, 0.25) is 0 Å². The zero-order chi connectivity index (χ0) is 12.7. The standard InChI is InChI=1S/C12H16BrNO3/c1-16-12(15)3-2-6-17-11-5-4-10(13)7-9(11)8-14/h4-5,7H,2-3,6,8,14H2,1H3. The number of halogens is 1. The van der Waals surface area contributed by atoms with Crippen LogP contribution in [0.5, 0.6) is 5.75 Å². The van der Waals surface area contributed by atoms with Gasteiger partial charge < -0.3 is 15.2 Å². The number of carbonyl (C=O) groups is 1. The third-order valence-electron chi connectivity index (χ3n) is 2.25. The lowest BCUT2D eigenvalue weighted by Gasteiger charge is -2.10. The summed E-state index contributed by atoms with van der Waals surface area (Å²) < 4.78 is 11.1. The van der Waals surface area contributed by atoms with Crippen molar-refractivity contribution in [2.45, 2.75) is 19.4 Å². The predicted molar refractivity (Wildman–Crippen MR) is 68.8 cm³/mol. The average Bonchev–Trinajstić information content (AvgIpc) is 2.35. The van der Waals surface area contributed by atoms with Crippen LogP contribution in [-0.4, -0.2) is 19.7 Å². The third kappa shape index (κ3) is 4.75. The Labute approximate surface area is 109 Å². The Hall–Kier alpha value is -1.07. The molecule has 0 aliphatic heterocycles. The van der Waals surface area contributed by atoms with Crippen molar-refractivity contribution >= 4 is 21.9 Å². The summed E-state index contributed by atoms with van der Waals surface area (Å²) in [5, 5.41) is 0. The molecule has 0 saturated carbocycles. The molecule has 0 amide bonds. The van der Waals surface area contributed by atoms with Crippen LogP contribution in [0.2, 0.25) is 0 Å². The summed E-state index contributed by atoms with van der Waals surface area (Å²) in [6.45, 7) is 0.898. The molecule has 0 saturated heterocycles. The summed E-state index contributed by atoms with van der Waals surface area (Å²) in [7, 11) is 1.38. The number of ether oxygens (including phenoxy) is 2. The Balaban J connectivity index is 2.43. The predicted octanol–water partition coefficient (Wildman–Crippen LogP) is 2.24. The summed E-state index contributed by atoms with van der Waals surface area (Å²) >= 11 is 3.38. The molecule has 0 heterocycles. The van der Waals surface area contributed by atoms with Gasteiger partial charge in [-0.05, 0) is 24.6 Å². The molecule has 1 rings (SSSR count). The van der Waals surface area contributed by atoms with E-state index in [4.69, 9.17) is 10.5 Å². The SMILES string of the molecule is COC(=O)CCCOc1ccc(Br)cc1CN. The number of hydrogen-bond acceptors (Lipinski definition) is 4. The second-order valence-corrected chi connectivity index (χ2v) is 4.40. The van der Waals surface area contributed by atoms with Crippen LogP contribution in [0.4, 0.5) is 0 Å². The van der Waals surface area contributed by atoms with E-state index in [0.29, 0.717) is 26.0 Å². The summed E-state index contributed by atoms with van der Waals surface area (Å²) in [5.41, 5.74) is 6.56. The van der Waals surface area contributed by atoms with E-state index in [1.807, 2.05) is 18.2 Å². The van der Waals surface area contributed by atoms with Crippen molar-refractivity contribution in [1.82, 2.24) is 0 Å². The van der Waals surface area contributed by atoms with Crippen molar-refractivity contribution < 1.29 is 14.3 Å². The first-order valence-electron chi connectivity index (χ1n) is 5.35. The smallest absolute Gasteiger partial charge is 0.305 e. The van der Waals surface area contributed by atoms with Gasteiger partial charge >= 0.3 is 5.97 Å². The molecule has 0 radical (unpaired) electrons. The van der Waals surface area contributed by atoms with Crippen molar-refractivity contribution in [1.29, 1.82) is 0 Å². The highest BCUT2D eigenvalue weighted by Crippen LogP contribution is 2.22. The Morgan fingerprint density at radius 3 is 2.88 bits per heavy atom. The molecular weight excluding hydrogens is 286 g/mol. The number of methoxy groups -OCH3 is 1. The largest absolute Gasteiger partial charge is 0.493 e. The Bertz CT molecular complexity index is 382. The molecule has 0 aromatic heterocycles. The third-order valence-corrected chi connectivity index (χ3v) is 2.75. The summed E-state index contributed by atoms with van der Waals surface area (Å²) in [4.78, 5) is 10.9. The number of benzene rings is 1. The topological polar surface area (TPSA) is 61.5 Å². The van der Waals surface area contributed by atoms with E-state index in [2.05, 4.69) is 20.7 Å². The van der Waals surface area contributed by atoms with Crippen LogP contribution in [0.15, 0.2) is 22.7 Å². The van der Waals surface area contributed by atoms with Crippen LogP contribution in [0.1, 0.15) is 18.4 Å². The van der Waals surface area contributed by atoms with Crippen LogP contribution in [0.3, 0.4) is 0 Å². The molecule has 1 aromatic rings. The Morgan fingerprint density at radius 1 is 1.47 bits per heavy atom. The summed E-state index contributed by atoms with van der Waals surface area (Å²) in [6, 6.07) is 5.69. The number of hydrogen-bond donors (Lipinski definition) is 1. The highest BCUT2D eigenvalue weighted by Gasteiger charge is 2.04. The number of esters is 1. The van der Waals surface area contributed by atoms with Gasteiger partial charge in [0.1, 0.15) is 5.75 Å². The van der Waals surface area contributed by atoms with E-state index in [1.165, 1.54) is 7.11 Å². The molecular formula is C12H16BrNO3. The van der Waals surface area contributed by atoms with Crippen molar-refractivity contribution in [2.75, 3.05) is 13.7 Å². The lowest BCUT2D eigenvalue weighted by Crippen LogP contribution is -2.06. The normalized spacial score (nSPS) is 10.1. The van der Waals surface area contributed by atoms with Crippen molar-refractivity contribution in [3.63, 3.8) is 0 Å². The van der Waals surface area contributed by atoms with Crippen molar-refractivity contribution in [2.24, 2.45) is 5.73 Å². The van der Waals surface area contributed by atoms with Crippen LogP contribution < -0.4 is 10.5 Å². The monoisotopic (exact) mass is 301 g/mol. The molecule has 5 heteroatoms. The van der Waals surface area contributed by atoms with Crippen LogP contribution in [0, 0.1) is 0 Å². The maximum Gasteiger partial charge on any atom is 0.305 e. The first kappa shape index (κ1) is 14.0. The maximum absolute atomic E-state index is 10.9. The molecule has 0 fully saturated rings. The lowest BCUT2D eigenvalue weighted by molar-refractivity contribution is -0.140. The van der Waals surface area contributed by atoms with Gasteiger partial charge in [-0.1, -0.05) is 15.9 Å². The first-order chi connectivity index (χ1) is 8.17. The zero-order valence-corrected chi connectivity index (χ0v) is 11.3. The van der Waals surface area contributed by atoms with Crippen LogP contribution in [0.25, 0.3) is 0 Å². The number of carbonyl (C=O) groups excluding carboxylic acids is 1. The number of nitrogens with two attached hydrogens (primary N) is 1. The molecule has 1 aromatic carbocycles. The van der Waals surface area contributed by atoms with Gasteiger partial charge in [-0.15, -0.1) is 0 Å². The van der Waals surface area contributed by atoms with Gasteiger partial charge in [-0.25, -0.2) is 0 Å². The minimum Gasteiger partial charge on any atom is -0.493 e. The van der Waals surface area contributed by atoms with E-state index in [0.717, 1.165) is 15.8 Å². The van der Waals surface area contributed by atoms with Crippen LogP contribution >= 0.6 is 15.9 Å². The average molecular weight is 302 g/mol. The quantitative estimate of drug-likeness (QED) is 0.646. The minimum atomic E-state index is -0.219. The van der Waals surface area contributed by atoms with E-state index >= 15 is 0 Å². The van der Waals surface area contributed by atoms with Crippen LogP contribution in [-0.2, 0) is 16.1 Å². The molecule has 0 aliphatic carbocycles. The van der Waals surface area contributed by atoms with Crippen molar-refractivity contribution in [3.8, 4) is 5.75 Å². The van der Waals surface area contributed by atoms with Gasteiger partial charge in [-0.3, -0.25) is 4.79 Å². The molecule has 0 bridgehead atoms. The summed E-state index contributed by atoms with van der Waals surface area (Å²) in [5.74, 6) is 0.545. The lowest BCUT2D eigenvalue weighted by atomic mass is 10.2. The number of rotatable bonds is 6. The fourth-order valence-electron chi connectivity index (χ4n) is 1.35. The molecule has 0 unspecified atom stereocenters. The Kier molecular flexibility index (Phi) is 6.00. The van der Waals surface area contributed by atoms with Gasteiger partial charge in [0, 0.05) is 23.0 Å². The minimum absolute atomic E-state index is 0.219. The molecule has 2 N–H and O–H groups in total. The fraction of sp³-hybridized carbons (Fsp3) is 0.417. The van der Waals surface area contributed by atoms with E-state index < -0.39 is 0 Å². The van der Waals surface area contributed by atoms with E-state index in [1.54, 1.807) is 0 Å². The molecule has 94 valence electrons. The molecule has 0 spiro atoms. The second kappa shape index (κ2) is 7.29. The zero-order valence-electron chi connectivity index (χ0n) is 9.74.